The van der Waals surface area contributed by atoms with E-state index in [9.17, 15) is 8.78 Å². The lowest BCUT2D eigenvalue weighted by Gasteiger charge is -2.05. The van der Waals surface area contributed by atoms with E-state index in [0.717, 1.165) is 12.0 Å². The van der Waals surface area contributed by atoms with E-state index in [1.807, 2.05) is 16.2 Å². The fraction of sp³-hybridized carbons (Fsp3) is 0.333. The van der Waals surface area contributed by atoms with Crippen LogP contribution in [0.4, 0.5) is 8.78 Å². The molecule has 0 heterocycles. The van der Waals surface area contributed by atoms with Crippen LogP contribution in [-0.2, 0) is 6.42 Å². The molecule has 0 aliphatic carbocycles. The molecular formula is C9H11F2P. The van der Waals surface area contributed by atoms with Crippen LogP contribution < -0.4 is 0 Å². The van der Waals surface area contributed by atoms with E-state index >= 15 is 0 Å². The number of rotatable bonds is 2. The second-order valence-corrected chi connectivity index (χ2v) is 3.20. The molecule has 0 nitrogen and oxygen atoms in total. The maximum atomic E-state index is 12.9. The third kappa shape index (κ3) is 2.01. The van der Waals surface area contributed by atoms with Crippen molar-refractivity contribution in [2.24, 2.45) is 0 Å². The lowest BCUT2D eigenvalue weighted by atomic mass is 10.1. The van der Waals surface area contributed by atoms with Crippen LogP contribution in [0.25, 0.3) is 0 Å². The van der Waals surface area contributed by atoms with E-state index in [1.165, 1.54) is 6.07 Å². The zero-order valence-electron chi connectivity index (χ0n) is 6.85. The summed E-state index contributed by atoms with van der Waals surface area (Å²) < 4.78 is 25.6. The first-order valence-electron chi connectivity index (χ1n) is 3.83. The Morgan fingerprint density at radius 3 is 2.67 bits per heavy atom. The van der Waals surface area contributed by atoms with E-state index in [1.54, 1.807) is 12.1 Å². The van der Waals surface area contributed by atoms with Crippen LogP contribution in [0.15, 0.2) is 18.2 Å². The van der Waals surface area contributed by atoms with E-state index in [0.29, 0.717) is 0 Å². The quantitative estimate of drug-likeness (QED) is 0.625. The molecule has 0 aliphatic heterocycles. The average Bonchev–Trinajstić information content (AvgIpc) is 2.05. The van der Waals surface area contributed by atoms with Crippen molar-refractivity contribution >= 4 is 9.24 Å². The second kappa shape index (κ2) is 3.95. The highest BCUT2D eigenvalue weighted by Crippen LogP contribution is 2.27. The normalized spacial score (nSPS) is 13.0. The Kier molecular flexibility index (Phi) is 3.16. The largest absolute Gasteiger partial charge is 0.238 e. The second-order valence-electron chi connectivity index (χ2n) is 2.61. The average molecular weight is 188 g/mol. The summed E-state index contributed by atoms with van der Waals surface area (Å²) in [5, 5.41) is 0. The van der Waals surface area contributed by atoms with E-state index in [2.05, 4.69) is 0 Å². The summed E-state index contributed by atoms with van der Waals surface area (Å²) >= 11 is 0. The van der Waals surface area contributed by atoms with Gasteiger partial charge in [-0.25, -0.2) is 8.78 Å². The summed E-state index contributed by atoms with van der Waals surface area (Å²) in [5.74, 6) is -1.79. The van der Waals surface area contributed by atoms with Gasteiger partial charge in [-0.15, -0.1) is 0 Å². The number of aryl methyl sites for hydroxylation is 1. The van der Waals surface area contributed by atoms with Crippen LogP contribution in [0.2, 0.25) is 0 Å². The van der Waals surface area contributed by atoms with Crippen LogP contribution in [0, 0.1) is 5.82 Å². The standard InChI is InChI=1S/C9H11F2P/c1-2-6-3-4-8(10)7(5-6)9(11)12/h3-5,9H,2,12H2,1H3. The Balaban J connectivity index is 3.08. The van der Waals surface area contributed by atoms with Crippen molar-refractivity contribution in [2.75, 3.05) is 0 Å². The topological polar surface area (TPSA) is 0 Å². The van der Waals surface area contributed by atoms with Gasteiger partial charge >= 0.3 is 0 Å². The number of alkyl halides is 1. The maximum absolute atomic E-state index is 12.9. The summed E-state index contributed by atoms with van der Waals surface area (Å²) in [6.07, 6.45) is 0.796. The van der Waals surface area contributed by atoms with Crippen molar-refractivity contribution in [1.29, 1.82) is 0 Å². The molecule has 1 aromatic rings. The fourth-order valence-electron chi connectivity index (χ4n) is 1.02. The molecule has 1 rings (SSSR count). The van der Waals surface area contributed by atoms with Crippen LogP contribution in [0.3, 0.4) is 0 Å². The third-order valence-electron chi connectivity index (χ3n) is 1.77. The number of hydrogen-bond acceptors (Lipinski definition) is 0. The monoisotopic (exact) mass is 188 g/mol. The molecule has 0 N–H and O–H groups in total. The highest BCUT2D eigenvalue weighted by Gasteiger charge is 2.09. The Morgan fingerprint density at radius 2 is 2.17 bits per heavy atom. The van der Waals surface area contributed by atoms with Crippen molar-refractivity contribution in [2.45, 2.75) is 19.3 Å². The Labute approximate surface area is 73.2 Å². The van der Waals surface area contributed by atoms with Gasteiger partial charge in [-0.1, -0.05) is 22.2 Å². The maximum Gasteiger partial charge on any atom is 0.141 e. The van der Waals surface area contributed by atoms with Gasteiger partial charge in [-0.05, 0) is 24.1 Å². The van der Waals surface area contributed by atoms with Crippen LogP contribution >= 0.6 is 9.24 Å². The Hall–Kier alpha value is -0.490. The van der Waals surface area contributed by atoms with Gasteiger partial charge in [-0.3, -0.25) is 0 Å². The van der Waals surface area contributed by atoms with Crippen LogP contribution in [-0.4, -0.2) is 0 Å². The summed E-state index contributed by atoms with van der Waals surface area (Å²) in [4.78, 5) is 0. The lowest BCUT2D eigenvalue weighted by Crippen LogP contribution is -1.91. The first kappa shape index (κ1) is 9.60. The Morgan fingerprint density at radius 1 is 1.50 bits per heavy atom. The minimum Gasteiger partial charge on any atom is -0.238 e. The first-order valence-corrected chi connectivity index (χ1v) is 4.49. The predicted molar refractivity (Wildman–Crippen MR) is 49.3 cm³/mol. The molecule has 3 heteroatoms. The first-order chi connectivity index (χ1) is 5.65. The van der Waals surface area contributed by atoms with E-state index in [4.69, 9.17) is 0 Å². The molecule has 0 bridgehead atoms. The van der Waals surface area contributed by atoms with Crippen molar-refractivity contribution in [3.05, 3.63) is 35.1 Å². The van der Waals surface area contributed by atoms with Crippen molar-refractivity contribution in [3.63, 3.8) is 0 Å². The summed E-state index contributed by atoms with van der Waals surface area (Å²) in [5.41, 5.74) is 1.08. The SMILES string of the molecule is CCc1ccc(F)c(C(F)P)c1. The summed E-state index contributed by atoms with van der Waals surface area (Å²) in [6, 6.07) is 4.55. The van der Waals surface area contributed by atoms with Gasteiger partial charge in [0.05, 0.1) is 0 Å². The van der Waals surface area contributed by atoms with Gasteiger partial charge in [0, 0.05) is 5.56 Å². The number of benzene rings is 1. The van der Waals surface area contributed by atoms with Gasteiger partial charge in [0.2, 0.25) is 0 Å². The van der Waals surface area contributed by atoms with Crippen LogP contribution in [0.5, 0.6) is 0 Å². The van der Waals surface area contributed by atoms with Gasteiger partial charge in [-0.2, -0.15) is 0 Å². The number of halogens is 2. The highest BCUT2D eigenvalue weighted by molar-refractivity contribution is 7.16. The molecule has 1 aromatic carbocycles. The molecule has 0 amide bonds. The molecule has 12 heavy (non-hydrogen) atoms. The molecule has 0 aliphatic rings. The number of hydrogen-bond donors (Lipinski definition) is 0. The van der Waals surface area contributed by atoms with Crippen molar-refractivity contribution in [1.82, 2.24) is 0 Å². The smallest absolute Gasteiger partial charge is 0.141 e. The lowest BCUT2D eigenvalue weighted by molar-refractivity contribution is 0.449. The van der Waals surface area contributed by atoms with E-state index < -0.39 is 11.7 Å². The van der Waals surface area contributed by atoms with Gasteiger partial charge in [0.25, 0.3) is 0 Å². The molecule has 66 valence electrons. The zero-order chi connectivity index (χ0) is 9.14. The third-order valence-corrected chi connectivity index (χ3v) is 2.12. The zero-order valence-corrected chi connectivity index (χ0v) is 8.00. The Bertz CT molecular complexity index is 271. The molecule has 0 aromatic heterocycles. The predicted octanol–water partition coefficient (Wildman–Crippen LogP) is 3.23. The van der Waals surface area contributed by atoms with Crippen LogP contribution in [0.1, 0.15) is 24.0 Å². The van der Waals surface area contributed by atoms with Crippen molar-refractivity contribution < 1.29 is 8.78 Å². The molecule has 0 saturated heterocycles. The molecule has 0 radical (unpaired) electrons. The minimum absolute atomic E-state index is 0.124. The van der Waals surface area contributed by atoms with E-state index in [-0.39, 0.29) is 5.56 Å². The fourth-order valence-corrected chi connectivity index (χ4v) is 1.28. The molecule has 0 saturated carbocycles. The van der Waals surface area contributed by atoms with Gasteiger partial charge in [0.1, 0.15) is 11.7 Å². The highest BCUT2D eigenvalue weighted by atomic mass is 31.0. The van der Waals surface area contributed by atoms with Gasteiger partial charge in [0.15, 0.2) is 0 Å². The van der Waals surface area contributed by atoms with Crippen molar-refractivity contribution in [3.8, 4) is 0 Å². The molecule has 0 spiro atoms. The molecule has 2 unspecified atom stereocenters. The minimum atomic E-state index is -1.31. The summed E-state index contributed by atoms with van der Waals surface area (Å²) in [7, 11) is 1.94. The van der Waals surface area contributed by atoms with Gasteiger partial charge < -0.3 is 0 Å². The summed E-state index contributed by atoms with van der Waals surface area (Å²) in [6.45, 7) is 1.95. The molecule has 0 fully saturated rings. The molecular weight excluding hydrogens is 177 g/mol. The molecule has 2 atom stereocenters.